The Kier molecular flexibility index (Phi) is 6.92. The lowest BCUT2D eigenvalue weighted by Crippen LogP contribution is -2.48. The maximum Gasteiger partial charge on any atom is 0.191 e. The van der Waals surface area contributed by atoms with Crippen LogP contribution in [0.25, 0.3) is 0 Å². The second kappa shape index (κ2) is 9.60. The molecule has 7 heteroatoms. The number of ether oxygens (including phenoxy) is 1. The van der Waals surface area contributed by atoms with Gasteiger partial charge in [0, 0.05) is 32.7 Å². The standard InChI is InChI=1S/C20H27FN4OS/c1-3-26-18-7-6-15(13-17(18)21)14-23-20(22-2)24-16-8-10-25(11-9-16)19-5-4-12-27-19/h4-7,12-13,16H,3,8-11,14H2,1-2H3,(H2,22,23,24). The fourth-order valence-corrected chi connectivity index (χ4v) is 3.98. The van der Waals surface area contributed by atoms with E-state index in [1.165, 1.54) is 11.1 Å². The van der Waals surface area contributed by atoms with Gasteiger partial charge in [-0.2, -0.15) is 0 Å². The molecule has 5 nitrogen and oxygen atoms in total. The lowest BCUT2D eigenvalue weighted by atomic mass is 10.1. The van der Waals surface area contributed by atoms with E-state index in [2.05, 4.69) is 38.0 Å². The van der Waals surface area contributed by atoms with Crippen molar-refractivity contribution in [1.82, 2.24) is 10.6 Å². The first-order valence-corrected chi connectivity index (χ1v) is 10.2. The molecule has 0 atom stereocenters. The highest BCUT2D eigenvalue weighted by Crippen LogP contribution is 2.24. The van der Waals surface area contributed by atoms with E-state index >= 15 is 0 Å². The molecule has 1 aromatic carbocycles. The van der Waals surface area contributed by atoms with Crippen LogP contribution in [-0.2, 0) is 6.54 Å². The average molecular weight is 391 g/mol. The summed E-state index contributed by atoms with van der Waals surface area (Å²) < 4.78 is 19.2. The predicted molar refractivity (Wildman–Crippen MR) is 110 cm³/mol. The topological polar surface area (TPSA) is 48.9 Å². The lowest BCUT2D eigenvalue weighted by molar-refractivity contribution is 0.321. The highest BCUT2D eigenvalue weighted by molar-refractivity contribution is 7.14. The second-order valence-electron chi connectivity index (χ2n) is 6.48. The van der Waals surface area contributed by atoms with E-state index < -0.39 is 0 Å². The Bertz CT molecular complexity index is 742. The molecule has 0 aliphatic carbocycles. The van der Waals surface area contributed by atoms with Crippen LogP contribution in [-0.4, -0.2) is 38.7 Å². The molecule has 2 aromatic rings. The average Bonchev–Trinajstić information content (AvgIpc) is 3.22. The number of hydrogen-bond donors (Lipinski definition) is 2. The number of nitrogens with zero attached hydrogens (tertiary/aromatic N) is 2. The van der Waals surface area contributed by atoms with Crippen molar-refractivity contribution < 1.29 is 9.13 Å². The predicted octanol–water partition coefficient (Wildman–Crippen LogP) is 3.62. The molecule has 2 N–H and O–H groups in total. The number of piperidine rings is 1. The minimum atomic E-state index is -0.333. The number of benzene rings is 1. The van der Waals surface area contributed by atoms with E-state index in [1.807, 2.05) is 13.0 Å². The Morgan fingerprint density at radius 1 is 1.33 bits per heavy atom. The van der Waals surface area contributed by atoms with Gasteiger partial charge >= 0.3 is 0 Å². The zero-order valence-corrected chi connectivity index (χ0v) is 16.7. The first kappa shape index (κ1) is 19.5. The quantitative estimate of drug-likeness (QED) is 0.584. The van der Waals surface area contributed by atoms with E-state index in [-0.39, 0.29) is 5.82 Å². The van der Waals surface area contributed by atoms with Gasteiger partial charge in [0.2, 0.25) is 0 Å². The highest BCUT2D eigenvalue weighted by Gasteiger charge is 2.20. The molecule has 1 fully saturated rings. The van der Waals surface area contributed by atoms with E-state index in [0.29, 0.717) is 24.9 Å². The summed E-state index contributed by atoms with van der Waals surface area (Å²) in [4.78, 5) is 6.73. The Morgan fingerprint density at radius 3 is 2.78 bits per heavy atom. The van der Waals surface area contributed by atoms with Gasteiger partial charge in [-0.15, -0.1) is 11.3 Å². The van der Waals surface area contributed by atoms with Crippen molar-refractivity contribution in [3.8, 4) is 5.75 Å². The molecule has 0 spiro atoms. The van der Waals surface area contributed by atoms with Crippen LogP contribution in [0, 0.1) is 5.82 Å². The summed E-state index contributed by atoms with van der Waals surface area (Å²) in [6.07, 6.45) is 2.13. The Hall–Kier alpha value is -2.28. The first-order chi connectivity index (χ1) is 13.2. The Balaban J connectivity index is 1.47. The number of anilines is 1. The van der Waals surface area contributed by atoms with Gasteiger partial charge in [0.1, 0.15) is 0 Å². The molecule has 146 valence electrons. The summed E-state index contributed by atoms with van der Waals surface area (Å²) in [5.41, 5.74) is 0.853. The van der Waals surface area contributed by atoms with Crippen molar-refractivity contribution in [2.45, 2.75) is 32.4 Å². The van der Waals surface area contributed by atoms with Crippen LogP contribution in [0.2, 0.25) is 0 Å². The van der Waals surface area contributed by atoms with Gasteiger partial charge in [-0.3, -0.25) is 4.99 Å². The zero-order chi connectivity index (χ0) is 19.1. The van der Waals surface area contributed by atoms with Crippen LogP contribution in [0.15, 0.2) is 40.7 Å². The highest BCUT2D eigenvalue weighted by atomic mass is 32.1. The van der Waals surface area contributed by atoms with E-state index in [1.54, 1.807) is 24.5 Å². The van der Waals surface area contributed by atoms with E-state index in [9.17, 15) is 4.39 Å². The third-order valence-corrected chi connectivity index (χ3v) is 5.56. The van der Waals surface area contributed by atoms with E-state index in [4.69, 9.17) is 4.74 Å². The Labute approximate surface area is 164 Å². The SMILES string of the molecule is CCOc1ccc(CNC(=NC)NC2CCN(c3cccs3)CC2)cc1F. The molecule has 1 saturated heterocycles. The smallest absolute Gasteiger partial charge is 0.191 e. The largest absolute Gasteiger partial charge is 0.491 e. The number of aliphatic imine (C=N–C) groups is 1. The molecule has 0 radical (unpaired) electrons. The third-order valence-electron chi connectivity index (χ3n) is 4.63. The fourth-order valence-electron chi connectivity index (χ4n) is 3.19. The monoisotopic (exact) mass is 390 g/mol. The summed E-state index contributed by atoms with van der Waals surface area (Å²) in [7, 11) is 1.76. The van der Waals surface area contributed by atoms with Crippen LogP contribution in [0.5, 0.6) is 5.75 Å². The summed E-state index contributed by atoms with van der Waals surface area (Å²) in [6, 6.07) is 9.71. The van der Waals surface area contributed by atoms with Crippen molar-refractivity contribution in [2.75, 3.05) is 31.6 Å². The molecule has 0 unspecified atom stereocenters. The molecule has 27 heavy (non-hydrogen) atoms. The van der Waals surface area contributed by atoms with Crippen LogP contribution in [0.4, 0.5) is 9.39 Å². The molecule has 1 aliphatic heterocycles. The molecule has 0 amide bonds. The molecule has 0 saturated carbocycles. The van der Waals surface area contributed by atoms with Gasteiger partial charge in [-0.1, -0.05) is 6.07 Å². The van der Waals surface area contributed by atoms with Gasteiger partial charge in [0.05, 0.1) is 11.6 Å². The van der Waals surface area contributed by atoms with Crippen LogP contribution < -0.4 is 20.3 Å². The zero-order valence-electron chi connectivity index (χ0n) is 15.9. The number of rotatable bonds is 6. The minimum Gasteiger partial charge on any atom is -0.491 e. The number of halogens is 1. The molecular weight excluding hydrogens is 363 g/mol. The van der Waals surface area contributed by atoms with Crippen molar-refractivity contribution in [3.05, 3.63) is 47.1 Å². The Morgan fingerprint density at radius 2 is 2.15 bits per heavy atom. The summed E-state index contributed by atoms with van der Waals surface area (Å²) in [5.74, 6) is 0.708. The van der Waals surface area contributed by atoms with Gasteiger partial charge in [-0.05, 0) is 55.0 Å². The maximum absolute atomic E-state index is 14.0. The first-order valence-electron chi connectivity index (χ1n) is 9.36. The number of thiophene rings is 1. The van der Waals surface area contributed by atoms with Crippen molar-refractivity contribution in [3.63, 3.8) is 0 Å². The van der Waals surface area contributed by atoms with Gasteiger partial charge in [0.25, 0.3) is 0 Å². The molecule has 2 heterocycles. The second-order valence-corrected chi connectivity index (χ2v) is 7.41. The molecular formula is C20H27FN4OS. The van der Waals surface area contributed by atoms with Gasteiger partial charge in [-0.25, -0.2) is 4.39 Å². The number of hydrogen-bond acceptors (Lipinski definition) is 4. The van der Waals surface area contributed by atoms with Gasteiger partial charge < -0.3 is 20.3 Å². The fraction of sp³-hybridized carbons (Fsp3) is 0.450. The number of nitrogens with one attached hydrogen (secondary N) is 2. The van der Waals surface area contributed by atoms with Crippen LogP contribution in [0.1, 0.15) is 25.3 Å². The molecule has 0 bridgehead atoms. The van der Waals surface area contributed by atoms with Crippen molar-refractivity contribution in [2.24, 2.45) is 4.99 Å². The molecule has 1 aromatic heterocycles. The van der Waals surface area contributed by atoms with Crippen LogP contribution >= 0.6 is 11.3 Å². The summed E-state index contributed by atoms with van der Waals surface area (Å²) in [5, 5.41) is 10.2. The number of guanidine groups is 1. The minimum absolute atomic E-state index is 0.293. The van der Waals surface area contributed by atoms with Crippen molar-refractivity contribution in [1.29, 1.82) is 0 Å². The summed E-state index contributed by atoms with van der Waals surface area (Å²) >= 11 is 1.79. The van der Waals surface area contributed by atoms with Gasteiger partial charge in [0.15, 0.2) is 17.5 Å². The molecule has 1 aliphatic rings. The van der Waals surface area contributed by atoms with Crippen LogP contribution in [0.3, 0.4) is 0 Å². The third kappa shape index (κ3) is 5.35. The normalized spacial score (nSPS) is 15.7. The van der Waals surface area contributed by atoms with E-state index in [0.717, 1.165) is 37.5 Å². The summed E-state index contributed by atoms with van der Waals surface area (Å²) in [6.45, 7) is 4.89. The maximum atomic E-state index is 14.0. The van der Waals surface area contributed by atoms with Crippen molar-refractivity contribution >= 4 is 22.3 Å². The molecule has 3 rings (SSSR count). The lowest BCUT2D eigenvalue weighted by Gasteiger charge is -2.33.